The number of guanidine groups is 1. The van der Waals surface area contributed by atoms with E-state index >= 15 is 0 Å². The molecule has 4 nitrogen and oxygen atoms in total. The zero-order valence-corrected chi connectivity index (χ0v) is 16.8. The molecule has 0 aliphatic carbocycles. The lowest BCUT2D eigenvalue weighted by Gasteiger charge is -2.30. The second-order valence-corrected chi connectivity index (χ2v) is 6.32. The summed E-state index contributed by atoms with van der Waals surface area (Å²) in [5.74, 6) is 0.724. The Morgan fingerprint density at radius 3 is 2.55 bits per heavy atom. The number of likely N-dealkylation sites (tertiary alicyclic amines) is 1. The van der Waals surface area contributed by atoms with Gasteiger partial charge in [0, 0.05) is 13.1 Å². The minimum atomic E-state index is 0. The van der Waals surface area contributed by atoms with E-state index in [2.05, 4.69) is 40.5 Å². The van der Waals surface area contributed by atoms with Crippen molar-refractivity contribution in [3.63, 3.8) is 0 Å². The van der Waals surface area contributed by atoms with Crippen LogP contribution in [0.4, 0.5) is 0 Å². The summed E-state index contributed by atoms with van der Waals surface area (Å²) in [5.41, 5.74) is 7.55. The Bertz CT molecular complexity index is 425. The van der Waals surface area contributed by atoms with Gasteiger partial charge in [-0.25, -0.2) is 0 Å². The largest absolute Gasteiger partial charge is 0.370 e. The predicted molar refractivity (Wildman–Crippen MR) is 107 cm³/mol. The maximum Gasteiger partial charge on any atom is 0.191 e. The van der Waals surface area contributed by atoms with Crippen molar-refractivity contribution in [1.82, 2.24) is 9.80 Å². The number of halogens is 1. The van der Waals surface area contributed by atoms with Crippen LogP contribution >= 0.6 is 35.3 Å². The highest BCUT2D eigenvalue weighted by Gasteiger charge is 2.19. The molecule has 22 heavy (non-hydrogen) atoms. The van der Waals surface area contributed by atoms with E-state index in [1.807, 2.05) is 0 Å². The molecule has 2 N–H and O–H groups in total. The second-order valence-electron chi connectivity index (χ2n) is 5.54. The number of thiophene rings is 1. The Labute approximate surface area is 155 Å². The summed E-state index contributed by atoms with van der Waals surface area (Å²) < 4.78 is 0. The van der Waals surface area contributed by atoms with Gasteiger partial charge in [0.05, 0.1) is 12.6 Å². The number of likely N-dealkylation sites (N-methyl/N-ethyl adjacent to an activating group) is 1. The predicted octanol–water partition coefficient (Wildman–Crippen LogP) is 3.55. The molecule has 1 aliphatic heterocycles. The van der Waals surface area contributed by atoms with Gasteiger partial charge in [0.15, 0.2) is 5.96 Å². The zero-order chi connectivity index (χ0) is 15.1. The molecule has 1 aromatic heterocycles. The van der Waals surface area contributed by atoms with Crippen molar-refractivity contribution in [3.05, 3.63) is 22.4 Å². The van der Waals surface area contributed by atoms with Crippen LogP contribution in [0.2, 0.25) is 0 Å². The first-order valence-corrected chi connectivity index (χ1v) is 9.01. The molecule has 6 heteroatoms. The molecular formula is C16H29IN4S. The summed E-state index contributed by atoms with van der Waals surface area (Å²) in [4.78, 5) is 9.39. The molecule has 1 aliphatic rings. The van der Waals surface area contributed by atoms with E-state index in [0.717, 1.165) is 38.7 Å². The molecule has 2 rings (SSSR count). The van der Waals surface area contributed by atoms with E-state index in [9.17, 15) is 0 Å². The highest BCUT2D eigenvalue weighted by Crippen LogP contribution is 2.23. The third-order valence-electron chi connectivity index (χ3n) is 4.29. The first-order chi connectivity index (χ1) is 10.3. The van der Waals surface area contributed by atoms with Gasteiger partial charge in [-0.05, 0) is 54.7 Å². The van der Waals surface area contributed by atoms with Gasteiger partial charge in [-0.3, -0.25) is 9.89 Å². The molecule has 126 valence electrons. The van der Waals surface area contributed by atoms with Crippen molar-refractivity contribution in [1.29, 1.82) is 0 Å². The van der Waals surface area contributed by atoms with Crippen LogP contribution < -0.4 is 5.73 Å². The van der Waals surface area contributed by atoms with Gasteiger partial charge >= 0.3 is 0 Å². The highest BCUT2D eigenvalue weighted by atomic mass is 127. The SMILES string of the molecule is CCN(CC)C(CN=C(N)N1CCCCC1)c1ccsc1.I. The Hall–Kier alpha value is -0.340. The highest BCUT2D eigenvalue weighted by molar-refractivity contribution is 14.0. The van der Waals surface area contributed by atoms with Crippen LogP contribution in [0, 0.1) is 0 Å². The summed E-state index contributed by atoms with van der Waals surface area (Å²) in [7, 11) is 0. The van der Waals surface area contributed by atoms with Crippen LogP contribution in [-0.2, 0) is 0 Å². The summed E-state index contributed by atoms with van der Waals surface area (Å²) in [6.45, 7) is 9.36. The van der Waals surface area contributed by atoms with Crippen molar-refractivity contribution in [2.24, 2.45) is 10.7 Å². The molecule has 0 spiro atoms. The van der Waals surface area contributed by atoms with Gasteiger partial charge in [-0.15, -0.1) is 24.0 Å². The van der Waals surface area contributed by atoms with Crippen LogP contribution in [0.5, 0.6) is 0 Å². The minimum Gasteiger partial charge on any atom is -0.370 e. The Morgan fingerprint density at radius 2 is 2.00 bits per heavy atom. The van der Waals surface area contributed by atoms with Crippen LogP contribution in [0.15, 0.2) is 21.8 Å². The molecule has 2 heterocycles. The number of piperidine rings is 1. The monoisotopic (exact) mass is 436 g/mol. The van der Waals surface area contributed by atoms with Crippen LogP contribution in [0.3, 0.4) is 0 Å². The van der Waals surface area contributed by atoms with E-state index < -0.39 is 0 Å². The van der Waals surface area contributed by atoms with Gasteiger partial charge in [-0.2, -0.15) is 11.3 Å². The molecule has 0 saturated carbocycles. The molecule has 1 saturated heterocycles. The minimum absolute atomic E-state index is 0. The number of hydrogen-bond acceptors (Lipinski definition) is 3. The Balaban J connectivity index is 0.00000242. The van der Waals surface area contributed by atoms with E-state index in [-0.39, 0.29) is 24.0 Å². The molecule has 1 fully saturated rings. The van der Waals surface area contributed by atoms with E-state index in [0.29, 0.717) is 6.04 Å². The number of hydrogen-bond donors (Lipinski definition) is 1. The quantitative estimate of drug-likeness (QED) is 0.422. The fourth-order valence-corrected chi connectivity index (χ4v) is 3.67. The Kier molecular flexibility index (Phi) is 9.35. The zero-order valence-electron chi connectivity index (χ0n) is 13.7. The van der Waals surface area contributed by atoms with E-state index in [4.69, 9.17) is 10.7 Å². The van der Waals surface area contributed by atoms with Crippen molar-refractivity contribution >= 4 is 41.3 Å². The molecule has 1 aromatic rings. The molecular weight excluding hydrogens is 407 g/mol. The number of rotatable bonds is 6. The van der Waals surface area contributed by atoms with Gasteiger partial charge in [0.1, 0.15) is 0 Å². The number of nitrogens with two attached hydrogens (primary N) is 1. The average Bonchev–Trinajstić information content (AvgIpc) is 3.06. The van der Waals surface area contributed by atoms with E-state index in [1.54, 1.807) is 11.3 Å². The second kappa shape index (κ2) is 10.4. The lowest BCUT2D eigenvalue weighted by molar-refractivity contribution is 0.224. The third kappa shape index (κ3) is 5.38. The van der Waals surface area contributed by atoms with Gasteiger partial charge in [-0.1, -0.05) is 13.8 Å². The fraction of sp³-hybridized carbons (Fsp3) is 0.688. The normalized spacial score (nSPS) is 17.4. The van der Waals surface area contributed by atoms with Gasteiger partial charge in [0.25, 0.3) is 0 Å². The molecule has 0 radical (unpaired) electrons. The third-order valence-corrected chi connectivity index (χ3v) is 4.99. The summed E-state index contributed by atoms with van der Waals surface area (Å²) in [6.07, 6.45) is 3.79. The van der Waals surface area contributed by atoms with Gasteiger partial charge in [0.2, 0.25) is 0 Å². The molecule has 1 unspecified atom stereocenters. The van der Waals surface area contributed by atoms with Crippen LogP contribution in [-0.4, -0.2) is 48.5 Å². The number of nitrogens with zero attached hydrogens (tertiary/aromatic N) is 3. The summed E-state index contributed by atoms with van der Waals surface area (Å²) in [5, 5.41) is 4.37. The Morgan fingerprint density at radius 1 is 1.32 bits per heavy atom. The van der Waals surface area contributed by atoms with Crippen molar-refractivity contribution < 1.29 is 0 Å². The lowest BCUT2D eigenvalue weighted by atomic mass is 10.1. The van der Waals surface area contributed by atoms with Crippen molar-refractivity contribution in [2.75, 3.05) is 32.7 Å². The van der Waals surface area contributed by atoms with E-state index in [1.165, 1.54) is 24.8 Å². The standard InChI is InChI=1S/C16H28N4S.HI/c1-3-19(4-2)15(14-8-11-21-13-14)12-18-16(17)20-9-6-5-7-10-20;/h8,11,13,15H,3-7,9-10,12H2,1-2H3,(H2,17,18);1H. The summed E-state index contributed by atoms with van der Waals surface area (Å²) in [6, 6.07) is 2.55. The maximum absolute atomic E-state index is 6.19. The summed E-state index contributed by atoms with van der Waals surface area (Å²) >= 11 is 1.75. The van der Waals surface area contributed by atoms with Crippen LogP contribution in [0.25, 0.3) is 0 Å². The first kappa shape index (κ1) is 19.7. The number of aliphatic imine (C=N–C) groups is 1. The van der Waals surface area contributed by atoms with Crippen molar-refractivity contribution in [2.45, 2.75) is 39.2 Å². The maximum atomic E-state index is 6.19. The lowest BCUT2D eigenvalue weighted by Crippen LogP contribution is -2.41. The smallest absolute Gasteiger partial charge is 0.191 e. The fourth-order valence-electron chi connectivity index (χ4n) is 2.96. The molecule has 0 amide bonds. The van der Waals surface area contributed by atoms with Crippen molar-refractivity contribution in [3.8, 4) is 0 Å². The van der Waals surface area contributed by atoms with Gasteiger partial charge < -0.3 is 10.6 Å². The first-order valence-electron chi connectivity index (χ1n) is 8.07. The topological polar surface area (TPSA) is 44.9 Å². The van der Waals surface area contributed by atoms with Crippen LogP contribution in [0.1, 0.15) is 44.7 Å². The molecule has 1 atom stereocenters. The molecule has 0 aromatic carbocycles. The molecule has 0 bridgehead atoms. The average molecular weight is 436 g/mol.